The maximum Gasteiger partial charge on any atom is 0.0710 e. The largest absolute Gasteiger partial charge is 0.248 e. The van der Waals surface area contributed by atoms with Gasteiger partial charge in [0.05, 0.1) is 11.2 Å². The Morgan fingerprint density at radius 1 is 0.431 bits per heavy atom. The second-order valence-corrected chi connectivity index (χ2v) is 46.0. The molecule has 0 aliphatic rings. The van der Waals surface area contributed by atoms with Crippen molar-refractivity contribution >= 4 is 77.7 Å². The van der Waals surface area contributed by atoms with Gasteiger partial charge in [0.15, 0.2) is 0 Å². The van der Waals surface area contributed by atoms with Gasteiger partial charge in [0.1, 0.15) is 0 Å². The predicted molar refractivity (Wildman–Crippen MR) is 269 cm³/mol. The van der Waals surface area contributed by atoms with E-state index in [1.807, 2.05) is 12.1 Å². The zero-order valence-electron chi connectivity index (χ0n) is 38.4. The Hall–Kier alpha value is -2.44. The van der Waals surface area contributed by atoms with Gasteiger partial charge in [-0.1, -0.05) is 39.2 Å². The molecule has 4 aromatic carbocycles. The second-order valence-electron chi connectivity index (χ2n) is 18.6. The Labute approximate surface area is 370 Å². The molecule has 0 bridgehead atoms. The maximum atomic E-state index is 6.73. The van der Waals surface area contributed by atoms with E-state index in [1.54, 1.807) is 4.40 Å². The molecule has 58 heavy (non-hydrogen) atoms. The van der Waals surface area contributed by atoms with Crippen molar-refractivity contribution in [3.8, 4) is 22.5 Å². The third-order valence-electron chi connectivity index (χ3n) is 12.4. The first-order valence-corrected chi connectivity index (χ1v) is 33.3. The summed E-state index contributed by atoms with van der Waals surface area (Å²) in [4.78, 5) is 9.75. The van der Waals surface area contributed by atoms with Gasteiger partial charge >= 0.3 is 252 Å². The molecule has 0 unspecified atom stereocenters. The standard InChI is InChI=1S/C26H35GeN.C17H14BrN.C9H21ClGe/c1-17(2)27(18(3)4,19(5)6)24-10-12-25-22(16-24)9-11-26(28-25)23-14-20(7)13-21(8)15-23;1-11-7-12(2)9-14(8-11)17-5-3-13-10-15(18)4-6-16(13)19-17;1-7(2)11(10,8(3)4)9(5)6/h9-19H,1-8H3;3-10H,1-2H3;7-9H,1-6H3. The first-order valence-electron chi connectivity index (χ1n) is 21.4. The molecule has 0 aliphatic heterocycles. The molecule has 6 rings (SSSR count). The van der Waals surface area contributed by atoms with Gasteiger partial charge in [-0.2, -0.15) is 0 Å². The fourth-order valence-electron chi connectivity index (χ4n) is 10.1. The molecule has 0 N–H and O–H groups in total. The first kappa shape index (κ1) is 48.2. The van der Waals surface area contributed by atoms with Crippen LogP contribution in [0.5, 0.6) is 0 Å². The van der Waals surface area contributed by atoms with Crippen LogP contribution < -0.4 is 4.40 Å². The fraction of sp³-hybridized carbons (Fsp3) is 0.423. The van der Waals surface area contributed by atoms with Crippen LogP contribution >= 0.6 is 25.9 Å². The van der Waals surface area contributed by atoms with Gasteiger partial charge in [-0.05, 0) is 50.2 Å². The van der Waals surface area contributed by atoms with Gasteiger partial charge < -0.3 is 0 Å². The third-order valence-corrected chi connectivity index (χ3v) is 45.6. The molecule has 0 saturated carbocycles. The molecule has 0 radical (unpaired) electrons. The number of nitrogens with zero attached hydrogens (tertiary/aromatic N) is 2. The van der Waals surface area contributed by atoms with Crippen molar-refractivity contribution < 1.29 is 0 Å². The topological polar surface area (TPSA) is 25.8 Å². The quantitative estimate of drug-likeness (QED) is 0.135. The Kier molecular flexibility index (Phi) is 17.0. The summed E-state index contributed by atoms with van der Waals surface area (Å²) in [6.07, 6.45) is 0. The van der Waals surface area contributed by atoms with Crippen molar-refractivity contribution in [3.63, 3.8) is 0 Å². The average molecular weight is 984 g/mol. The van der Waals surface area contributed by atoms with E-state index in [2.05, 4.69) is 212 Å². The zero-order valence-corrected chi connectivity index (χ0v) is 44.9. The fourth-order valence-corrected chi connectivity index (χ4v) is 33.0. The molecule has 0 aliphatic carbocycles. The molecule has 0 spiro atoms. The van der Waals surface area contributed by atoms with Gasteiger partial charge in [0.25, 0.3) is 0 Å². The molecule has 310 valence electrons. The molecule has 6 heteroatoms. The molecule has 2 aromatic heterocycles. The molecular weight excluding hydrogens is 913 g/mol. The van der Waals surface area contributed by atoms with E-state index in [1.165, 1.54) is 38.8 Å². The van der Waals surface area contributed by atoms with Crippen LogP contribution in [0, 0.1) is 27.7 Å². The second kappa shape index (κ2) is 20.4. The van der Waals surface area contributed by atoms with Gasteiger partial charge in [-0.3, -0.25) is 0 Å². The predicted octanol–water partition coefficient (Wildman–Crippen LogP) is 17.1. The third kappa shape index (κ3) is 11.1. The van der Waals surface area contributed by atoms with Gasteiger partial charge in [0, 0.05) is 15.4 Å². The van der Waals surface area contributed by atoms with E-state index in [0.29, 0.717) is 0 Å². The van der Waals surface area contributed by atoms with Crippen molar-refractivity contribution in [1.29, 1.82) is 0 Å². The van der Waals surface area contributed by atoms with Crippen molar-refractivity contribution in [2.75, 3.05) is 0 Å². The molecule has 6 aromatic rings. The van der Waals surface area contributed by atoms with Gasteiger partial charge in [0.2, 0.25) is 0 Å². The summed E-state index contributed by atoms with van der Waals surface area (Å²) < 4.78 is 7.21. The Morgan fingerprint density at radius 3 is 1.14 bits per heavy atom. The number of halogens is 2. The van der Waals surface area contributed by atoms with E-state index in [0.717, 1.165) is 60.8 Å². The minimum absolute atomic E-state index is 0.733. The summed E-state index contributed by atoms with van der Waals surface area (Å²) in [5.74, 6) is 0. The zero-order chi connectivity index (χ0) is 43.3. The Balaban J connectivity index is 0.000000214. The number of fused-ring (bicyclic) bond motifs is 2. The summed E-state index contributed by atoms with van der Waals surface area (Å²) in [7, 11) is 6.73. The summed E-state index contributed by atoms with van der Waals surface area (Å²) >= 11 is -0.815. The van der Waals surface area contributed by atoms with E-state index in [9.17, 15) is 0 Å². The maximum absolute atomic E-state index is 6.73. The van der Waals surface area contributed by atoms with Crippen LogP contribution in [0.3, 0.4) is 0 Å². The number of aryl methyl sites for hydroxylation is 4. The number of benzene rings is 4. The normalized spacial score (nSPS) is 12.2. The van der Waals surface area contributed by atoms with Crippen molar-refractivity contribution in [1.82, 2.24) is 9.97 Å². The summed E-state index contributed by atoms with van der Waals surface area (Å²) in [5, 5.41) is 2.44. The van der Waals surface area contributed by atoms with Crippen LogP contribution in [0.1, 0.15) is 105 Å². The molecule has 0 amide bonds. The molecule has 2 heterocycles. The summed E-state index contributed by atoms with van der Waals surface area (Å²) in [6.45, 7) is 37.0. The van der Waals surface area contributed by atoms with Crippen LogP contribution in [0.25, 0.3) is 44.3 Å². The number of hydrogen-bond acceptors (Lipinski definition) is 2. The molecular formula is C52H70BrClGe2N2. The van der Waals surface area contributed by atoms with Gasteiger partial charge in [-0.25, -0.2) is 4.98 Å². The SMILES string of the molecule is C[CH](C)[Ge]([Cl])([CH](C)C)[CH](C)C.Cc1cc(C)cc(-c2ccc3c[c]([Ge]([CH](C)C)([CH](C)C)[CH](C)C)ccc3n2)c1.Cc1cc(C)cc(-c2ccc3cc(Br)ccc3n2)c1. The van der Waals surface area contributed by atoms with Crippen molar-refractivity contribution in [2.24, 2.45) is 0 Å². The smallest absolute Gasteiger partial charge is 0.0710 e. The van der Waals surface area contributed by atoms with E-state index in [-0.39, 0.29) is 0 Å². The van der Waals surface area contributed by atoms with E-state index < -0.39 is 25.6 Å². The van der Waals surface area contributed by atoms with Crippen LogP contribution in [-0.2, 0) is 0 Å². The Bertz CT molecular complexity index is 2230. The minimum atomic E-state index is -2.27. The van der Waals surface area contributed by atoms with Gasteiger partial charge in [-0.15, -0.1) is 0 Å². The van der Waals surface area contributed by atoms with Crippen LogP contribution in [0.15, 0.2) is 102 Å². The summed E-state index contributed by atoms with van der Waals surface area (Å²) in [6, 6.07) is 35.2. The average Bonchev–Trinajstić information content (AvgIpc) is 3.13. The summed E-state index contributed by atoms with van der Waals surface area (Å²) in [5.41, 5.74) is 11.7. The number of rotatable bonds is 9. The van der Waals surface area contributed by atoms with Crippen molar-refractivity contribution in [3.05, 3.63) is 124 Å². The minimum Gasteiger partial charge on any atom is -0.248 e. The van der Waals surface area contributed by atoms with Crippen LogP contribution in [-0.4, -0.2) is 35.6 Å². The van der Waals surface area contributed by atoms with E-state index in [4.69, 9.17) is 20.0 Å². The number of aromatic nitrogens is 2. The van der Waals surface area contributed by atoms with Crippen molar-refractivity contribution in [2.45, 2.75) is 139 Å². The molecule has 0 fully saturated rings. The monoisotopic (exact) mass is 984 g/mol. The molecule has 2 nitrogen and oxygen atoms in total. The van der Waals surface area contributed by atoms with E-state index >= 15 is 0 Å². The molecule has 0 saturated heterocycles. The molecule has 0 atom stereocenters. The number of pyridine rings is 2. The number of hydrogen-bond donors (Lipinski definition) is 0. The van der Waals surface area contributed by atoms with Crippen LogP contribution in [0.4, 0.5) is 0 Å². The Morgan fingerprint density at radius 2 is 0.793 bits per heavy atom. The first-order chi connectivity index (χ1) is 27.1. The van der Waals surface area contributed by atoms with Crippen LogP contribution in [0.2, 0.25) is 28.5 Å².